The number of para-hydroxylation sites is 1. The summed E-state index contributed by atoms with van der Waals surface area (Å²) in [4.78, 5) is 26.5. The van der Waals surface area contributed by atoms with Gasteiger partial charge in [0.1, 0.15) is 0 Å². The van der Waals surface area contributed by atoms with Gasteiger partial charge in [-0.2, -0.15) is 0 Å². The Morgan fingerprint density at radius 2 is 1.83 bits per heavy atom. The van der Waals surface area contributed by atoms with Crippen LogP contribution in [0.3, 0.4) is 0 Å². The number of hydrogen-bond donors (Lipinski definition) is 2. The fourth-order valence-electron chi connectivity index (χ4n) is 3.83. The third-order valence-corrected chi connectivity index (χ3v) is 5.76. The first-order chi connectivity index (χ1) is 14.0. The highest BCUT2D eigenvalue weighted by Gasteiger charge is 2.22. The van der Waals surface area contributed by atoms with Crippen molar-refractivity contribution in [3.8, 4) is 0 Å². The van der Waals surface area contributed by atoms with Crippen molar-refractivity contribution >= 4 is 35.6 Å². The van der Waals surface area contributed by atoms with Crippen LogP contribution in [0, 0.1) is 11.8 Å². The molecule has 0 spiro atoms. The van der Waals surface area contributed by atoms with Crippen LogP contribution in [0.15, 0.2) is 54.6 Å². The highest BCUT2D eigenvalue weighted by molar-refractivity contribution is 5.94. The first kappa shape index (κ1) is 23.9. The molecule has 1 aliphatic rings. The van der Waals surface area contributed by atoms with Gasteiger partial charge in [-0.3, -0.25) is 9.59 Å². The second-order valence-electron chi connectivity index (χ2n) is 8.00. The Bertz CT molecular complexity index is 805. The minimum atomic E-state index is 0. The summed E-state index contributed by atoms with van der Waals surface area (Å²) in [5.41, 5.74) is 2.58. The Hall–Kier alpha value is -2.37. The zero-order valence-electron chi connectivity index (χ0n) is 17.8. The van der Waals surface area contributed by atoms with Crippen LogP contribution >= 0.6 is 12.4 Å². The fourth-order valence-corrected chi connectivity index (χ4v) is 3.83. The number of carbonyl (C=O) groups excluding carboxylic acids is 2. The molecular weight excluding hydrogens is 398 g/mol. The normalized spacial score (nSPS) is 16.8. The van der Waals surface area contributed by atoms with Crippen LogP contribution in [0.5, 0.6) is 0 Å². The molecule has 1 heterocycles. The van der Waals surface area contributed by atoms with Gasteiger partial charge < -0.3 is 15.5 Å². The minimum Gasteiger partial charge on any atom is -0.326 e. The first-order valence-corrected chi connectivity index (χ1v) is 10.4. The molecule has 0 radical (unpaired) electrons. The Labute approximate surface area is 185 Å². The summed E-state index contributed by atoms with van der Waals surface area (Å²) in [5, 5.41) is 6.40. The molecule has 2 amide bonds. The number of hydrogen-bond acceptors (Lipinski definition) is 3. The van der Waals surface area contributed by atoms with Gasteiger partial charge in [0, 0.05) is 24.8 Å². The number of nitrogens with zero attached hydrogens (tertiary/aromatic N) is 1. The predicted molar refractivity (Wildman–Crippen MR) is 125 cm³/mol. The number of halogens is 1. The maximum absolute atomic E-state index is 12.5. The van der Waals surface area contributed by atoms with Gasteiger partial charge in [0.25, 0.3) is 0 Å². The van der Waals surface area contributed by atoms with Crippen molar-refractivity contribution in [3.63, 3.8) is 0 Å². The van der Waals surface area contributed by atoms with E-state index < -0.39 is 0 Å². The number of piperidine rings is 1. The summed E-state index contributed by atoms with van der Waals surface area (Å²) in [6.45, 7) is 4.26. The lowest BCUT2D eigenvalue weighted by Crippen LogP contribution is -2.34. The van der Waals surface area contributed by atoms with Crippen molar-refractivity contribution < 1.29 is 9.59 Å². The van der Waals surface area contributed by atoms with Crippen molar-refractivity contribution in [3.05, 3.63) is 60.2 Å². The third-order valence-electron chi connectivity index (χ3n) is 5.76. The summed E-state index contributed by atoms with van der Waals surface area (Å²) in [6, 6.07) is 17.2. The Morgan fingerprint density at radius 3 is 2.47 bits per heavy atom. The SMILES string of the molecule is CC(CC(=O)Nc1ccc(CC(=O)N(C)c2ccccc2)cc1)C1CCCNC1.Cl. The predicted octanol–water partition coefficient (Wildman–Crippen LogP) is 4.28. The van der Waals surface area contributed by atoms with Gasteiger partial charge in [-0.05, 0) is 67.6 Å². The fraction of sp³-hybridized carbons (Fsp3) is 0.417. The molecule has 2 aromatic carbocycles. The third kappa shape index (κ3) is 6.85. The molecule has 2 N–H and O–H groups in total. The molecule has 1 fully saturated rings. The van der Waals surface area contributed by atoms with Gasteiger partial charge in [-0.15, -0.1) is 12.4 Å². The second kappa shape index (κ2) is 11.7. The van der Waals surface area contributed by atoms with Crippen molar-refractivity contribution in [2.24, 2.45) is 11.8 Å². The molecule has 3 rings (SSSR count). The van der Waals surface area contributed by atoms with Crippen LogP contribution in [0.4, 0.5) is 11.4 Å². The van der Waals surface area contributed by atoms with Crippen molar-refractivity contribution in [2.75, 3.05) is 30.4 Å². The van der Waals surface area contributed by atoms with Crippen LogP contribution in [-0.4, -0.2) is 32.0 Å². The number of amides is 2. The van der Waals surface area contributed by atoms with E-state index in [1.165, 1.54) is 12.8 Å². The number of carbonyl (C=O) groups is 2. The van der Waals surface area contributed by atoms with Gasteiger partial charge in [0.05, 0.1) is 6.42 Å². The van der Waals surface area contributed by atoms with Crippen molar-refractivity contribution in [2.45, 2.75) is 32.6 Å². The number of benzene rings is 2. The van der Waals surface area contributed by atoms with E-state index >= 15 is 0 Å². The molecule has 162 valence electrons. The Kier molecular flexibility index (Phi) is 9.34. The van der Waals surface area contributed by atoms with Crippen molar-refractivity contribution in [1.29, 1.82) is 0 Å². The molecule has 0 aliphatic carbocycles. The van der Waals surface area contributed by atoms with Gasteiger partial charge in [-0.25, -0.2) is 0 Å². The van der Waals surface area contributed by atoms with E-state index in [4.69, 9.17) is 0 Å². The van der Waals surface area contributed by atoms with Crippen LogP contribution in [-0.2, 0) is 16.0 Å². The molecule has 2 unspecified atom stereocenters. The molecule has 30 heavy (non-hydrogen) atoms. The average Bonchev–Trinajstić information content (AvgIpc) is 2.75. The summed E-state index contributed by atoms with van der Waals surface area (Å²) in [5.74, 6) is 1.02. The molecule has 1 aliphatic heterocycles. The van der Waals surface area contributed by atoms with E-state index in [1.54, 1.807) is 11.9 Å². The molecule has 0 bridgehead atoms. The lowest BCUT2D eigenvalue weighted by Gasteiger charge is -2.28. The van der Waals surface area contributed by atoms with Gasteiger partial charge in [-0.1, -0.05) is 37.3 Å². The second-order valence-corrected chi connectivity index (χ2v) is 8.00. The molecule has 1 saturated heterocycles. The summed E-state index contributed by atoms with van der Waals surface area (Å²) < 4.78 is 0. The van der Waals surface area contributed by atoms with Crippen LogP contribution < -0.4 is 15.5 Å². The molecule has 2 aromatic rings. The van der Waals surface area contributed by atoms with Crippen LogP contribution in [0.2, 0.25) is 0 Å². The smallest absolute Gasteiger partial charge is 0.231 e. The van der Waals surface area contributed by atoms with E-state index in [1.807, 2.05) is 54.6 Å². The molecule has 2 atom stereocenters. The topological polar surface area (TPSA) is 61.4 Å². The molecule has 0 aromatic heterocycles. The average molecular weight is 430 g/mol. The van der Waals surface area contributed by atoms with Gasteiger partial charge in [0.15, 0.2) is 0 Å². The van der Waals surface area contributed by atoms with Gasteiger partial charge >= 0.3 is 0 Å². The number of rotatable bonds is 7. The quantitative estimate of drug-likeness (QED) is 0.690. The number of anilines is 2. The zero-order valence-corrected chi connectivity index (χ0v) is 18.6. The maximum atomic E-state index is 12.5. The molecule has 6 heteroatoms. The van der Waals surface area contributed by atoms with Crippen LogP contribution in [0.1, 0.15) is 31.7 Å². The zero-order chi connectivity index (χ0) is 20.6. The van der Waals surface area contributed by atoms with Crippen molar-refractivity contribution in [1.82, 2.24) is 5.32 Å². The highest BCUT2D eigenvalue weighted by Crippen LogP contribution is 2.23. The first-order valence-electron chi connectivity index (χ1n) is 10.4. The lowest BCUT2D eigenvalue weighted by atomic mass is 9.85. The van der Waals surface area contributed by atoms with E-state index in [9.17, 15) is 9.59 Å². The Morgan fingerprint density at radius 1 is 1.13 bits per heavy atom. The monoisotopic (exact) mass is 429 g/mol. The van der Waals surface area contributed by atoms with E-state index in [0.717, 1.165) is 30.0 Å². The summed E-state index contributed by atoms with van der Waals surface area (Å²) >= 11 is 0. The summed E-state index contributed by atoms with van der Waals surface area (Å²) in [7, 11) is 1.79. The van der Waals surface area contributed by atoms with Gasteiger partial charge in [0.2, 0.25) is 11.8 Å². The van der Waals surface area contributed by atoms with E-state index in [-0.39, 0.29) is 24.2 Å². The largest absolute Gasteiger partial charge is 0.326 e. The molecule has 5 nitrogen and oxygen atoms in total. The standard InChI is InChI=1S/C24H31N3O2.ClH/c1-18(20-7-6-14-25-17-20)15-23(28)26-21-12-10-19(11-13-21)16-24(29)27(2)22-8-4-3-5-9-22;/h3-5,8-13,18,20,25H,6-7,14-17H2,1-2H3,(H,26,28);1H. The lowest BCUT2D eigenvalue weighted by molar-refractivity contribution is -0.118. The van der Waals surface area contributed by atoms with E-state index in [2.05, 4.69) is 17.6 Å². The minimum absolute atomic E-state index is 0. The number of nitrogens with one attached hydrogen (secondary N) is 2. The Balaban J connectivity index is 0.00000320. The highest BCUT2D eigenvalue weighted by atomic mass is 35.5. The maximum Gasteiger partial charge on any atom is 0.231 e. The van der Waals surface area contributed by atoms with E-state index in [0.29, 0.717) is 24.7 Å². The molecular formula is C24H32ClN3O2. The number of likely N-dealkylation sites (N-methyl/N-ethyl adjacent to an activating group) is 1. The summed E-state index contributed by atoms with van der Waals surface area (Å²) in [6.07, 6.45) is 3.25. The van der Waals surface area contributed by atoms with Crippen LogP contribution in [0.25, 0.3) is 0 Å². The molecule has 0 saturated carbocycles.